The number of ether oxygens (including phenoxy) is 2. The van der Waals surface area contributed by atoms with Gasteiger partial charge in [-0.15, -0.1) is 0 Å². The molecule has 6 heteroatoms. The molecule has 2 heterocycles. The third-order valence-corrected chi connectivity index (χ3v) is 3.18. The van der Waals surface area contributed by atoms with Crippen LogP contribution in [-0.4, -0.2) is 45.8 Å². The molecule has 2 rings (SSSR count). The average molecular weight is 293 g/mol. The Balaban J connectivity index is 1.91. The lowest BCUT2D eigenvalue weighted by atomic mass is 10.2. The number of amides is 1. The molecular weight excluding hydrogens is 270 g/mol. The van der Waals surface area contributed by atoms with Crippen LogP contribution in [0.15, 0.2) is 12.3 Å². The van der Waals surface area contributed by atoms with E-state index in [1.807, 2.05) is 33.8 Å². The summed E-state index contributed by atoms with van der Waals surface area (Å²) in [7, 11) is 0. The predicted octanol–water partition coefficient (Wildman–Crippen LogP) is 2.56. The molecule has 1 aromatic rings. The van der Waals surface area contributed by atoms with E-state index in [9.17, 15) is 4.79 Å². The zero-order chi connectivity index (χ0) is 15.5. The number of likely N-dealkylation sites (tertiary alicyclic amines) is 1. The highest BCUT2D eigenvalue weighted by atomic mass is 16.6. The van der Waals surface area contributed by atoms with Crippen molar-refractivity contribution in [3.8, 4) is 6.01 Å². The predicted molar refractivity (Wildman–Crippen MR) is 78.2 cm³/mol. The van der Waals surface area contributed by atoms with Crippen molar-refractivity contribution in [2.75, 3.05) is 13.2 Å². The molecule has 1 aromatic heterocycles. The Morgan fingerprint density at radius 3 is 2.90 bits per heavy atom. The molecular formula is C15H23N3O3. The highest BCUT2D eigenvalue weighted by Crippen LogP contribution is 2.21. The van der Waals surface area contributed by atoms with Crippen LogP contribution in [0.4, 0.5) is 4.79 Å². The summed E-state index contributed by atoms with van der Waals surface area (Å²) in [6.07, 6.45) is 3.25. The Labute approximate surface area is 125 Å². The van der Waals surface area contributed by atoms with Gasteiger partial charge in [-0.05, 0) is 46.6 Å². The van der Waals surface area contributed by atoms with Crippen molar-refractivity contribution < 1.29 is 14.3 Å². The number of aromatic nitrogens is 2. The smallest absolute Gasteiger partial charge is 0.410 e. The Morgan fingerprint density at radius 2 is 2.24 bits per heavy atom. The Kier molecular flexibility index (Phi) is 4.65. The van der Waals surface area contributed by atoms with Gasteiger partial charge in [0.1, 0.15) is 12.2 Å². The van der Waals surface area contributed by atoms with Crippen LogP contribution < -0.4 is 4.74 Å². The van der Waals surface area contributed by atoms with Crippen molar-refractivity contribution in [3.63, 3.8) is 0 Å². The topological polar surface area (TPSA) is 64.5 Å². The quantitative estimate of drug-likeness (QED) is 0.857. The molecule has 6 nitrogen and oxygen atoms in total. The van der Waals surface area contributed by atoms with Crippen LogP contribution in [-0.2, 0) is 4.74 Å². The number of hydrogen-bond acceptors (Lipinski definition) is 5. The lowest BCUT2D eigenvalue weighted by molar-refractivity contribution is 0.0183. The Morgan fingerprint density at radius 1 is 1.48 bits per heavy atom. The SMILES string of the molecule is Cc1ccnc(OC[C@@H]2CCCN2C(=O)OC(C)(C)C)n1. The molecule has 21 heavy (non-hydrogen) atoms. The van der Waals surface area contributed by atoms with Gasteiger partial charge in [0.05, 0.1) is 6.04 Å². The van der Waals surface area contributed by atoms with Crippen LogP contribution in [0.5, 0.6) is 6.01 Å². The standard InChI is InChI=1S/C15H23N3O3/c1-11-7-8-16-13(17-11)20-10-12-6-5-9-18(12)14(19)21-15(2,3)4/h7-8,12H,5-6,9-10H2,1-4H3/t12-/m0/s1. The summed E-state index contributed by atoms with van der Waals surface area (Å²) in [6, 6.07) is 2.19. The van der Waals surface area contributed by atoms with E-state index >= 15 is 0 Å². The van der Waals surface area contributed by atoms with Crippen molar-refractivity contribution in [2.24, 2.45) is 0 Å². The zero-order valence-electron chi connectivity index (χ0n) is 13.1. The second kappa shape index (κ2) is 6.28. The normalized spacial score (nSPS) is 18.7. The third kappa shape index (κ3) is 4.58. The van der Waals surface area contributed by atoms with Crippen LogP contribution in [0, 0.1) is 6.92 Å². The summed E-state index contributed by atoms with van der Waals surface area (Å²) >= 11 is 0. The Hall–Kier alpha value is -1.85. The first-order valence-corrected chi connectivity index (χ1v) is 7.27. The van der Waals surface area contributed by atoms with E-state index in [-0.39, 0.29) is 12.1 Å². The highest BCUT2D eigenvalue weighted by Gasteiger charge is 2.32. The van der Waals surface area contributed by atoms with E-state index in [1.54, 1.807) is 11.1 Å². The monoisotopic (exact) mass is 293 g/mol. The summed E-state index contributed by atoms with van der Waals surface area (Å²) in [6.45, 7) is 8.59. The molecule has 0 unspecified atom stereocenters. The lowest BCUT2D eigenvalue weighted by Gasteiger charge is -2.28. The molecule has 0 N–H and O–H groups in total. The molecule has 1 aliphatic rings. The second-order valence-corrected chi connectivity index (χ2v) is 6.26. The van der Waals surface area contributed by atoms with Gasteiger partial charge in [0, 0.05) is 18.4 Å². The summed E-state index contributed by atoms with van der Waals surface area (Å²) in [4.78, 5) is 22.1. The van der Waals surface area contributed by atoms with Crippen LogP contribution in [0.25, 0.3) is 0 Å². The molecule has 1 fully saturated rings. The number of nitrogens with zero attached hydrogens (tertiary/aromatic N) is 3. The van der Waals surface area contributed by atoms with Crippen LogP contribution >= 0.6 is 0 Å². The average Bonchev–Trinajstić information content (AvgIpc) is 2.83. The molecule has 0 aliphatic carbocycles. The van der Waals surface area contributed by atoms with Gasteiger partial charge in [-0.3, -0.25) is 0 Å². The van der Waals surface area contributed by atoms with Crippen LogP contribution in [0.3, 0.4) is 0 Å². The molecule has 0 bridgehead atoms. The van der Waals surface area contributed by atoms with Gasteiger partial charge in [-0.25, -0.2) is 14.8 Å². The van der Waals surface area contributed by atoms with Gasteiger partial charge < -0.3 is 14.4 Å². The molecule has 116 valence electrons. The molecule has 0 aromatic carbocycles. The molecule has 0 saturated carbocycles. The summed E-state index contributed by atoms with van der Waals surface area (Å²) < 4.78 is 11.0. The molecule has 0 spiro atoms. The fraction of sp³-hybridized carbons (Fsp3) is 0.667. The fourth-order valence-corrected chi connectivity index (χ4v) is 2.24. The van der Waals surface area contributed by atoms with Gasteiger partial charge in [-0.1, -0.05) is 0 Å². The summed E-state index contributed by atoms with van der Waals surface area (Å²) in [5.41, 5.74) is 0.375. The number of rotatable bonds is 3. The first-order valence-electron chi connectivity index (χ1n) is 7.27. The molecule has 1 saturated heterocycles. The maximum absolute atomic E-state index is 12.2. The number of carbonyl (C=O) groups excluding carboxylic acids is 1. The zero-order valence-corrected chi connectivity index (χ0v) is 13.1. The minimum Gasteiger partial charge on any atom is -0.461 e. The highest BCUT2D eigenvalue weighted by molar-refractivity contribution is 5.68. The van der Waals surface area contributed by atoms with Crippen molar-refractivity contribution >= 4 is 6.09 Å². The maximum atomic E-state index is 12.2. The van der Waals surface area contributed by atoms with Gasteiger partial charge in [-0.2, -0.15) is 0 Å². The first-order chi connectivity index (χ1) is 9.85. The maximum Gasteiger partial charge on any atom is 0.410 e. The molecule has 1 amide bonds. The minimum atomic E-state index is -0.481. The first kappa shape index (κ1) is 15.5. The molecule has 0 radical (unpaired) electrons. The third-order valence-electron chi connectivity index (χ3n) is 3.18. The fourth-order valence-electron chi connectivity index (χ4n) is 2.24. The van der Waals surface area contributed by atoms with Gasteiger partial charge >= 0.3 is 12.1 Å². The lowest BCUT2D eigenvalue weighted by Crippen LogP contribution is -2.42. The summed E-state index contributed by atoms with van der Waals surface area (Å²) in [5.74, 6) is 0. The summed E-state index contributed by atoms with van der Waals surface area (Å²) in [5, 5.41) is 0. The van der Waals surface area contributed by atoms with E-state index in [2.05, 4.69) is 9.97 Å². The van der Waals surface area contributed by atoms with Crippen LogP contribution in [0.1, 0.15) is 39.3 Å². The van der Waals surface area contributed by atoms with Crippen molar-refractivity contribution in [1.29, 1.82) is 0 Å². The van der Waals surface area contributed by atoms with E-state index < -0.39 is 5.60 Å². The van der Waals surface area contributed by atoms with Crippen LogP contribution in [0.2, 0.25) is 0 Å². The van der Waals surface area contributed by atoms with Gasteiger partial charge in [0.25, 0.3) is 0 Å². The largest absolute Gasteiger partial charge is 0.461 e. The van der Waals surface area contributed by atoms with Crippen molar-refractivity contribution in [1.82, 2.24) is 14.9 Å². The molecule has 1 atom stereocenters. The van der Waals surface area contributed by atoms with E-state index in [0.29, 0.717) is 19.2 Å². The molecule has 1 aliphatic heterocycles. The van der Waals surface area contributed by atoms with E-state index in [0.717, 1.165) is 18.5 Å². The number of carbonyl (C=O) groups is 1. The van der Waals surface area contributed by atoms with Gasteiger partial charge in [0.15, 0.2) is 0 Å². The van der Waals surface area contributed by atoms with E-state index in [4.69, 9.17) is 9.47 Å². The number of hydrogen-bond donors (Lipinski definition) is 0. The van der Waals surface area contributed by atoms with Crippen molar-refractivity contribution in [2.45, 2.75) is 52.2 Å². The number of aryl methyl sites for hydroxylation is 1. The van der Waals surface area contributed by atoms with Crippen molar-refractivity contribution in [3.05, 3.63) is 18.0 Å². The minimum absolute atomic E-state index is 0.0176. The Bertz CT molecular complexity index is 499. The van der Waals surface area contributed by atoms with Gasteiger partial charge in [0.2, 0.25) is 0 Å². The van der Waals surface area contributed by atoms with E-state index in [1.165, 1.54) is 0 Å². The second-order valence-electron chi connectivity index (χ2n) is 6.26.